The minimum atomic E-state index is -4.41. The summed E-state index contributed by atoms with van der Waals surface area (Å²) < 4.78 is 42.4. The minimum absolute atomic E-state index is 0.0255. The van der Waals surface area contributed by atoms with Gasteiger partial charge in [-0.2, -0.15) is 18.3 Å². The van der Waals surface area contributed by atoms with E-state index < -0.39 is 11.7 Å². The molecule has 1 atom stereocenters. The van der Waals surface area contributed by atoms with Gasteiger partial charge >= 0.3 is 6.18 Å². The van der Waals surface area contributed by atoms with Crippen LogP contribution in [0.1, 0.15) is 61.7 Å². The Morgan fingerprint density at radius 2 is 2.21 bits per heavy atom. The lowest BCUT2D eigenvalue weighted by Crippen LogP contribution is -2.23. The van der Waals surface area contributed by atoms with E-state index in [9.17, 15) is 13.2 Å². The Labute approximate surface area is 191 Å². The zero-order chi connectivity index (χ0) is 23.4. The lowest BCUT2D eigenvalue weighted by Gasteiger charge is -2.26. The van der Waals surface area contributed by atoms with Crippen LogP contribution in [0.15, 0.2) is 54.4 Å². The predicted octanol–water partition coefficient (Wildman–Crippen LogP) is 6.16. The first-order valence-electron chi connectivity index (χ1n) is 11.2. The molecule has 2 aliphatic heterocycles. The lowest BCUT2D eigenvalue weighted by molar-refractivity contribution is -0.0883. The monoisotopic (exact) mass is 455 g/mol. The highest BCUT2D eigenvalue weighted by Gasteiger charge is 2.32. The third-order valence-electron chi connectivity index (χ3n) is 5.79. The maximum atomic E-state index is 13.5. The molecule has 5 nitrogen and oxygen atoms in total. The smallest absolute Gasteiger partial charge is 0.387 e. The van der Waals surface area contributed by atoms with Crippen LogP contribution in [0.4, 0.5) is 19.0 Å². The summed E-state index contributed by atoms with van der Waals surface area (Å²) >= 11 is 0. The maximum Gasteiger partial charge on any atom is 0.416 e. The van der Waals surface area contributed by atoms with Crippen molar-refractivity contribution in [3.63, 3.8) is 0 Å². The molecule has 0 aromatic carbocycles. The van der Waals surface area contributed by atoms with Gasteiger partial charge in [-0.05, 0) is 62.2 Å². The highest BCUT2D eigenvalue weighted by molar-refractivity contribution is 5.74. The molecule has 0 radical (unpaired) electrons. The van der Waals surface area contributed by atoms with Crippen LogP contribution >= 0.6 is 0 Å². The molecule has 0 aliphatic carbocycles. The van der Waals surface area contributed by atoms with Gasteiger partial charge in [-0.25, -0.2) is 4.98 Å². The van der Waals surface area contributed by atoms with Gasteiger partial charge in [0.05, 0.1) is 23.0 Å². The zero-order valence-electron chi connectivity index (χ0n) is 18.8. The van der Waals surface area contributed by atoms with Gasteiger partial charge in [0.15, 0.2) is 0 Å². The molecule has 0 saturated carbocycles. The second-order valence-corrected chi connectivity index (χ2v) is 8.13. The molecule has 2 N–H and O–H groups in total. The number of alkyl halides is 3. The fourth-order valence-electron chi connectivity index (χ4n) is 4.25. The van der Waals surface area contributed by atoms with Gasteiger partial charge < -0.3 is 10.6 Å². The van der Waals surface area contributed by atoms with E-state index in [4.69, 9.17) is 0 Å². The number of rotatable bonds is 6. The van der Waals surface area contributed by atoms with Gasteiger partial charge in [-0.3, -0.25) is 4.68 Å². The van der Waals surface area contributed by atoms with Crippen LogP contribution < -0.4 is 10.6 Å². The number of allylic oxidation sites excluding steroid dienone is 6. The Hall–Kier alpha value is -3.29. The topological polar surface area (TPSA) is 54.8 Å². The summed E-state index contributed by atoms with van der Waals surface area (Å²) in [5, 5.41) is 11.4. The summed E-state index contributed by atoms with van der Waals surface area (Å²) in [6.45, 7) is 4.97. The molecule has 4 heterocycles. The van der Waals surface area contributed by atoms with Crippen molar-refractivity contribution < 1.29 is 13.2 Å². The van der Waals surface area contributed by atoms with Crippen LogP contribution in [0.5, 0.6) is 0 Å². The van der Waals surface area contributed by atoms with Crippen molar-refractivity contribution in [3.8, 4) is 0 Å². The average Bonchev–Trinajstić information content (AvgIpc) is 3.23. The predicted molar refractivity (Wildman–Crippen MR) is 125 cm³/mol. The molecular formula is C25H28F3N5. The number of pyridine rings is 1. The number of nitrogens with zero attached hydrogens (tertiary/aromatic N) is 3. The first-order chi connectivity index (χ1) is 15.9. The summed E-state index contributed by atoms with van der Waals surface area (Å²) in [4.78, 5) is 4.54. The number of nitrogens with one attached hydrogen (secondary N) is 2. The van der Waals surface area contributed by atoms with Gasteiger partial charge in [0.25, 0.3) is 0 Å². The Morgan fingerprint density at radius 1 is 1.36 bits per heavy atom. The maximum absolute atomic E-state index is 13.5. The molecule has 33 heavy (non-hydrogen) atoms. The SMILES string of the molecule is C\C=C/C(=C\C(=C\CC)C(F)(F)F)c1cc2n(n1)CCCC2Nc1nccc2c1C=CNC2. The number of aryl methyl sites for hydroxylation is 1. The second kappa shape index (κ2) is 9.68. The molecule has 2 aromatic rings. The zero-order valence-corrected chi connectivity index (χ0v) is 18.8. The van der Waals surface area contributed by atoms with Gasteiger partial charge in [-0.1, -0.05) is 25.2 Å². The molecule has 4 rings (SSSR count). The number of hydrogen-bond acceptors (Lipinski definition) is 4. The largest absolute Gasteiger partial charge is 0.416 e. The quantitative estimate of drug-likeness (QED) is 0.513. The van der Waals surface area contributed by atoms with Gasteiger partial charge in [0.1, 0.15) is 5.82 Å². The van der Waals surface area contributed by atoms with Crippen LogP contribution in [0.3, 0.4) is 0 Å². The van der Waals surface area contributed by atoms with Crippen LogP contribution in [-0.2, 0) is 13.1 Å². The van der Waals surface area contributed by atoms with E-state index in [2.05, 4.69) is 20.7 Å². The second-order valence-electron chi connectivity index (χ2n) is 8.13. The molecular weight excluding hydrogens is 427 g/mol. The summed E-state index contributed by atoms with van der Waals surface area (Å²) in [6.07, 6.45) is 9.22. The number of halogens is 3. The van der Waals surface area contributed by atoms with E-state index in [-0.39, 0.29) is 6.04 Å². The number of fused-ring (bicyclic) bond motifs is 2. The van der Waals surface area contributed by atoms with Crippen LogP contribution in [0, 0.1) is 0 Å². The lowest BCUT2D eigenvalue weighted by atomic mass is 10.0. The summed E-state index contributed by atoms with van der Waals surface area (Å²) in [5.41, 5.74) is 3.51. The van der Waals surface area contributed by atoms with E-state index in [1.807, 2.05) is 29.1 Å². The fraction of sp³-hybridized carbons (Fsp3) is 0.360. The standard InChI is InChI=1S/C25H28F3N5/c1-3-6-17(14-19(7-4-2)25(26,27)28)22-15-23-21(8-5-13-33(23)32-22)31-24-20-10-11-29-16-18(20)9-12-30-24/h3,6-7,9-12,14-15,21,29H,4-5,8,13,16H2,1-2H3,(H,30,31)/b6-3-,17-14+,19-7-. The van der Waals surface area contributed by atoms with Gasteiger partial charge in [-0.15, -0.1) is 0 Å². The van der Waals surface area contributed by atoms with E-state index in [0.29, 0.717) is 17.7 Å². The van der Waals surface area contributed by atoms with Crippen molar-refractivity contribution in [2.24, 2.45) is 0 Å². The highest BCUT2D eigenvalue weighted by Crippen LogP contribution is 2.34. The number of hydrogen-bond donors (Lipinski definition) is 2. The molecule has 8 heteroatoms. The average molecular weight is 456 g/mol. The van der Waals surface area contributed by atoms with Crippen molar-refractivity contribution in [1.82, 2.24) is 20.1 Å². The van der Waals surface area contributed by atoms with Gasteiger partial charge in [0.2, 0.25) is 0 Å². The first kappa shape index (κ1) is 22.9. The van der Waals surface area contributed by atoms with Crippen molar-refractivity contribution in [2.75, 3.05) is 5.32 Å². The van der Waals surface area contributed by atoms with E-state index >= 15 is 0 Å². The Morgan fingerprint density at radius 3 is 2.97 bits per heavy atom. The third kappa shape index (κ3) is 5.05. The first-order valence-corrected chi connectivity index (χ1v) is 11.2. The summed E-state index contributed by atoms with van der Waals surface area (Å²) in [7, 11) is 0. The summed E-state index contributed by atoms with van der Waals surface area (Å²) in [5.74, 6) is 0.806. The molecule has 2 aromatic heterocycles. The van der Waals surface area contributed by atoms with Crippen LogP contribution in [0.25, 0.3) is 11.6 Å². The van der Waals surface area contributed by atoms with Crippen LogP contribution in [0.2, 0.25) is 0 Å². The van der Waals surface area contributed by atoms with Crippen molar-refractivity contribution in [3.05, 3.63) is 76.9 Å². The van der Waals surface area contributed by atoms with Crippen molar-refractivity contribution >= 4 is 17.5 Å². The molecule has 0 fully saturated rings. The van der Waals surface area contributed by atoms with Crippen molar-refractivity contribution in [2.45, 2.75) is 58.4 Å². The van der Waals surface area contributed by atoms with Gasteiger partial charge in [0, 0.05) is 30.4 Å². The fourth-order valence-corrected chi connectivity index (χ4v) is 4.25. The molecule has 0 bridgehead atoms. The van der Waals surface area contributed by atoms with E-state index in [0.717, 1.165) is 43.0 Å². The molecule has 0 spiro atoms. The molecule has 174 valence electrons. The van der Waals surface area contributed by atoms with E-state index in [1.54, 1.807) is 32.2 Å². The molecule has 2 aliphatic rings. The molecule has 0 amide bonds. The molecule has 1 unspecified atom stereocenters. The minimum Gasteiger partial charge on any atom is -0.387 e. The molecule has 0 saturated heterocycles. The van der Waals surface area contributed by atoms with Crippen LogP contribution in [-0.4, -0.2) is 20.9 Å². The van der Waals surface area contributed by atoms with Crippen molar-refractivity contribution in [1.29, 1.82) is 0 Å². The van der Waals surface area contributed by atoms with E-state index in [1.165, 1.54) is 17.7 Å². The Balaban J connectivity index is 1.68. The Kier molecular flexibility index (Phi) is 6.72. The summed E-state index contributed by atoms with van der Waals surface area (Å²) in [6, 6.07) is 3.87. The number of aromatic nitrogens is 3. The highest BCUT2D eigenvalue weighted by atomic mass is 19.4. The number of anilines is 1. The third-order valence-corrected chi connectivity index (χ3v) is 5.79. The normalized spacial score (nSPS) is 18.8. The Bertz CT molecular complexity index is 1120.